The number of thiazole rings is 1. The highest BCUT2D eigenvalue weighted by Gasteiger charge is 2.37. The molecule has 1 aromatic heterocycles. The molecule has 2 saturated heterocycles. The van der Waals surface area contributed by atoms with E-state index in [-0.39, 0.29) is 17.9 Å². The van der Waals surface area contributed by atoms with E-state index in [2.05, 4.69) is 10.3 Å². The zero-order chi connectivity index (χ0) is 13.9. The molecule has 2 amide bonds. The lowest BCUT2D eigenvalue weighted by molar-refractivity contribution is -0.135. The fourth-order valence-electron chi connectivity index (χ4n) is 2.83. The van der Waals surface area contributed by atoms with Crippen molar-refractivity contribution in [1.82, 2.24) is 20.1 Å². The summed E-state index contributed by atoms with van der Waals surface area (Å²) in [4.78, 5) is 33.1. The molecule has 0 bridgehead atoms. The van der Waals surface area contributed by atoms with E-state index >= 15 is 0 Å². The first kappa shape index (κ1) is 13.5. The molecule has 2 fully saturated rings. The standard InChI is InChI=1S/C13H18N4O2S/c18-12(16-6-3-14-4-7-16)10-2-1-5-17(10)13(19)11-8-15-9-20-11/h8-10,14H,1-7H2. The van der Waals surface area contributed by atoms with E-state index in [1.807, 2.05) is 4.90 Å². The summed E-state index contributed by atoms with van der Waals surface area (Å²) in [6.07, 6.45) is 3.25. The number of carbonyl (C=O) groups is 2. The monoisotopic (exact) mass is 294 g/mol. The van der Waals surface area contributed by atoms with Crippen LogP contribution in [0.25, 0.3) is 0 Å². The van der Waals surface area contributed by atoms with Gasteiger partial charge in [0.2, 0.25) is 5.91 Å². The molecule has 1 atom stereocenters. The first-order valence-corrected chi connectivity index (χ1v) is 7.84. The summed E-state index contributed by atoms with van der Waals surface area (Å²) in [5, 5.41) is 3.24. The average molecular weight is 294 g/mol. The van der Waals surface area contributed by atoms with Crippen LogP contribution in [0.2, 0.25) is 0 Å². The van der Waals surface area contributed by atoms with Crippen LogP contribution in [0.15, 0.2) is 11.7 Å². The maximum atomic E-state index is 12.6. The minimum absolute atomic E-state index is 0.0570. The zero-order valence-corrected chi connectivity index (χ0v) is 12.1. The van der Waals surface area contributed by atoms with E-state index in [0.29, 0.717) is 11.4 Å². The summed E-state index contributed by atoms with van der Waals surface area (Å²) in [7, 11) is 0. The smallest absolute Gasteiger partial charge is 0.266 e. The van der Waals surface area contributed by atoms with Crippen molar-refractivity contribution in [2.24, 2.45) is 0 Å². The van der Waals surface area contributed by atoms with Crippen molar-refractivity contribution in [2.75, 3.05) is 32.7 Å². The Morgan fingerprint density at radius 1 is 1.30 bits per heavy atom. The van der Waals surface area contributed by atoms with Crippen LogP contribution in [-0.2, 0) is 4.79 Å². The Bertz CT molecular complexity index is 485. The average Bonchev–Trinajstić information content (AvgIpc) is 3.18. The summed E-state index contributed by atoms with van der Waals surface area (Å²) >= 11 is 1.33. The van der Waals surface area contributed by atoms with Crippen molar-refractivity contribution in [3.8, 4) is 0 Å². The van der Waals surface area contributed by atoms with Crippen molar-refractivity contribution in [1.29, 1.82) is 0 Å². The predicted octanol–water partition coefficient (Wildman–Crippen LogP) is 0.180. The van der Waals surface area contributed by atoms with Gasteiger partial charge in [-0.15, -0.1) is 11.3 Å². The highest BCUT2D eigenvalue weighted by Crippen LogP contribution is 2.23. The van der Waals surface area contributed by atoms with Crippen molar-refractivity contribution in [3.63, 3.8) is 0 Å². The Kier molecular flexibility index (Phi) is 3.98. The number of rotatable bonds is 2. The number of amides is 2. The Hall–Kier alpha value is -1.47. The predicted molar refractivity (Wildman–Crippen MR) is 75.6 cm³/mol. The number of piperazine rings is 1. The van der Waals surface area contributed by atoms with Gasteiger partial charge in [-0.3, -0.25) is 14.6 Å². The van der Waals surface area contributed by atoms with Crippen molar-refractivity contribution >= 4 is 23.2 Å². The lowest BCUT2D eigenvalue weighted by Crippen LogP contribution is -2.53. The molecule has 0 saturated carbocycles. The van der Waals surface area contributed by atoms with E-state index in [4.69, 9.17) is 0 Å². The molecule has 1 aromatic rings. The van der Waals surface area contributed by atoms with E-state index < -0.39 is 0 Å². The minimum atomic E-state index is -0.289. The molecule has 6 nitrogen and oxygen atoms in total. The molecule has 3 heterocycles. The summed E-state index contributed by atoms with van der Waals surface area (Å²) in [6, 6.07) is -0.289. The van der Waals surface area contributed by atoms with Gasteiger partial charge in [0, 0.05) is 32.7 Å². The third kappa shape index (κ3) is 2.55. The molecule has 2 aliphatic rings. The van der Waals surface area contributed by atoms with Crippen molar-refractivity contribution < 1.29 is 9.59 Å². The van der Waals surface area contributed by atoms with Gasteiger partial charge in [0.05, 0.1) is 11.7 Å². The third-order valence-corrected chi connectivity index (χ3v) is 4.63. The molecule has 0 radical (unpaired) electrons. The van der Waals surface area contributed by atoms with Gasteiger partial charge in [0.15, 0.2) is 0 Å². The van der Waals surface area contributed by atoms with Crippen LogP contribution in [0.4, 0.5) is 0 Å². The van der Waals surface area contributed by atoms with Gasteiger partial charge < -0.3 is 15.1 Å². The quantitative estimate of drug-likeness (QED) is 0.845. The Balaban J connectivity index is 1.71. The number of hydrogen-bond acceptors (Lipinski definition) is 5. The second-order valence-electron chi connectivity index (χ2n) is 5.10. The number of likely N-dealkylation sites (tertiary alicyclic amines) is 1. The van der Waals surface area contributed by atoms with E-state index in [0.717, 1.165) is 39.0 Å². The Labute approximate surface area is 121 Å². The zero-order valence-electron chi connectivity index (χ0n) is 11.2. The molecule has 108 valence electrons. The van der Waals surface area contributed by atoms with Crippen LogP contribution in [0, 0.1) is 0 Å². The van der Waals surface area contributed by atoms with Gasteiger partial charge in [0.1, 0.15) is 10.9 Å². The largest absolute Gasteiger partial charge is 0.338 e. The molecule has 3 rings (SSSR count). The molecule has 1 unspecified atom stereocenters. The molecule has 2 aliphatic heterocycles. The van der Waals surface area contributed by atoms with E-state index in [9.17, 15) is 9.59 Å². The summed E-state index contributed by atoms with van der Waals surface area (Å²) < 4.78 is 0. The van der Waals surface area contributed by atoms with Gasteiger partial charge in [-0.05, 0) is 12.8 Å². The second kappa shape index (κ2) is 5.88. The second-order valence-corrected chi connectivity index (χ2v) is 5.98. The molecule has 0 spiro atoms. The van der Waals surface area contributed by atoms with Crippen LogP contribution < -0.4 is 5.32 Å². The molecule has 7 heteroatoms. The Morgan fingerprint density at radius 3 is 2.80 bits per heavy atom. The fraction of sp³-hybridized carbons (Fsp3) is 0.615. The third-order valence-electron chi connectivity index (χ3n) is 3.87. The van der Waals surface area contributed by atoms with Crippen LogP contribution >= 0.6 is 11.3 Å². The minimum Gasteiger partial charge on any atom is -0.338 e. The first-order chi connectivity index (χ1) is 9.77. The normalized spacial score (nSPS) is 23.1. The van der Waals surface area contributed by atoms with Crippen LogP contribution in [0.5, 0.6) is 0 Å². The van der Waals surface area contributed by atoms with Crippen molar-refractivity contribution in [2.45, 2.75) is 18.9 Å². The highest BCUT2D eigenvalue weighted by atomic mass is 32.1. The van der Waals surface area contributed by atoms with Crippen LogP contribution in [-0.4, -0.2) is 65.4 Å². The molecule has 20 heavy (non-hydrogen) atoms. The first-order valence-electron chi connectivity index (χ1n) is 6.96. The molecular formula is C13H18N4O2S. The van der Waals surface area contributed by atoms with Crippen molar-refractivity contribution in [3.05, 3.63) is 16.6 Å². The van der Waals surface area contributed by atoms with Gasteiger partial charge in [-0.2, -0.15) is 0 Å². The van der Waals surface area contributed by atoms with Gasteiger partial charge in [-0.1, -0.05) is 0 Å². The topological polar surface area (TPSA) is 65.5 Å². The number of hydrogen-bond donors (Lipinski definition) is 1. The molecule has 0 aliphatic carbocycles. The van der Waals surface area contributed by atoms with Gasteiger partial charge in [-0.25, -0.2) is 0 Å². The fourth-order valence-corrected chi connectivity index (χ4v) is 3.40. The van der Waals surface area contributed by atoms with Gasteiger partial charge in [0.25, 0.3) is 5.91 Å². The lowest BCUT2D eigenvalue weighted by atomic mass is 10.1. The SMILES string of the molecule is O=C(C1CCCN1C(=O)c1cncs1)N1CCNCC1. The summed E-state index contributed by atoms with van der Waals surface area (Å²) in [5.74, 6) is 0.0420. The summed E-state index contributed by atoms with van der Waals surface area (Å²) in [6.45, 7) is 3.80. The van der Waals surface area contributed by atoms with Crippen LogP contribution in [0.3, 0.4) is 0 Å². The lowest BCUT2D eigenvalue weighted by Gasteiger charge is -2.32. The Morgan fingerprint density at radius 2 is 2.10 bits per heavy atom. The number of aromatic nitrogens is 1. The maximum absolute atomic E-state index is 12.6. The number of nitrogens with one attached hydrogen (secondary N) is 1. The van der Waals surface area contributed by atoms with Crippen LogP contribution in [0.1, 0.15) is 22.5 Å². The molecule has 1 N–H and O–H groups in total. The molecule has 0 aromatic carbocycles. The summed E-state index contributed by atoms with van der Waals surface area (Å²) in [5.41, 5.74) is 1.65. The van der Waals surface area contributed by atoms with E-state index in [1.165, 1.54) is 11.3 Å². The molecular weight excluding hydrogens is 276 g/mol. The highest BCUT2D eigenvalue weighted by molar-refractivity contribution is 7.11. The van der Waals surface area contributed by atoms with E-state index in [1.54, 1.807) is 16.6 Å². The maximum Gasteiger partial charge on any atom is 0.266 e. The van der Waals surface area contributed by atoms with Gasteiger partial charge >= 0.3 is 0 Å². The number of nitrogens with zero attached hydrogens (tertiary/aromatic N) is 3. The number of carbonyl (C=O) groups excluding carboxylic acids is 2.